The summed E-state index contributed by atoms with van der Waals surface area (Å²) in [4.78, 5) is 5.94. The van der Waals surface area contributed by atoms with E-state index >= 15 is 0 Å². The van der Waals surface area contributed by atoms with Crippen LogP contribution in [0.2, 0.25) is 0 Å². The Bertz CT molecular complexity index is 586. The lowest BCUT2D eigenvalue weighted by atomic mass is 10.3. The van der Waals surface area contributed by atoms with Gasteiger partial charge in [0.25, 0.3) is 0 Å². The zero-order chi connectivity index (χ0) is 17.7. The van der Waals surface area contributed by atoms with E-state index in [-0.39, 0.29) is 24.0 Å². The van der Waals surface area contributed by atoms with Gasteiger partial charge in [0.2, 0.25) is 0 Å². The molecule has 0 bridgehead atoms. The summed E-state index contributed by atoms with van der Waals surface area (Å²) in [5.74, 6) is 1.83. The molecule has 0 amide bonds. The second-order valence-corrected chi connectivity index (χ2v) is 7.09. The molecule has 0 unspecified atom stereocenters. The summed E-state index contributed by atoms with van der Waals surface area (Å²) in [7, 11) is 0. The number of aliphatic imine (C=N–C) groups is 1. The molecule has 146 valence electrons. The Morgan fingerprint density at radius 1 is 1.19 bits per heavy atom. The summed E-state index contributed by atoms with van der Waals surface area (Å²) in [6.45, 7) is 7.32. The predicted octanol–water partition coefficient (Wildman–Crippen LogP) is 4.44. The molecule has 2 N–H and O–H groups in total. The van der Waals surface area contributed by atoms with E-state index in [1.807, 2.05) is 12.1 Å². The molecule has 7 heteroatoms. The van der Waals surface area contributed by atoms with Crippen LogP contribution in [-0.2, 0) is 17.7 Å². The maximum Gasteiger partial charge on any atom is 0.191 e. The van der Waals surface area contributed by atoms with E-state index in [1.165, 1.54) is 4.88 Å². The molecule has 5 nitrogen and oxygen atoms in total. The third kappa shape index (κ3) is 10.2. The second-order valence-electron chi connectivity index (χ2n) is 6.05. The smallest absolute Gasteiger partial charge is 0.191 e. The van der Waals surface area contributed by atoms with Gasteiger partial charge in [-0.05, 0) is 50.3 Å². The fourth-order valence-electron chi connectivity index (χ4n) is 2.25. The molecular formula is C19H30IN3O2S. The van der Waals surface area contributed by atoms with Crippen molar-refractivity contribution >= 4 is 41.3 Å². The Hall–Kier alpha value is -1.06. The number of rotatable bonds is 11. The Kier molecular flexibility index (Phi) is 12.4. The Morgan fingerprint density at radius 2 is 2.04 bits per heavy atom. The van der Waals surface area contributed by atoms with Crippen molar-refractivity contribution in [2.24, 2.45) is 4.99 Å². The van der Waals surface area contributed by atoms with E-state index < -0.39 is 0 Å². The van der Waals surface area contributed by atoms with Gasteiger partial charge in [-0.1, -0.05) is 6.07 Å². The summed E-state index contributed by atoms with van der Waals surface area (Å²) >= 11 is 1.73. The molecule has 0 atom stereocenters. The normalized spacial score (nSPS) is 11.4. The second kappa shape index (κ2) is 14.1. The molecule has 2 rings (SSSR count). The molecule has 26 heavy (non-hydrogen) atoms. The molecule has 2 aromatic rings. The first kappa shape index (κ1) is 23.0. The van der Waals surface area contributed by atoms with Gasteiger partial charge in [0, 0.05) is 31.0 Å². The van der Waals surface area contributed by atoms with Crippen molar-refractivity contribution in [1.82, 2.24) is 10.6 Å². The fraction of sp³-hybridized carbons (Fsp3) is 0.526. The van der Waals surface area contributed by atoms with Gasteiger partial charge < -0.3 is 19.8 Å². The van der Waals surface area contributed by atoms with Crippen molar-refractivity contribution < 1.29 is 9.15 Å². The van der Waals surface area contributed by atoms with Gasteiger partial charge in [-0.2, -0.15) is 0 Å². The largest absolute Gasteiger partial charge is 0.469 e. The van der Waals surface area contributed by atoms with Gasteiger partial charge in [0.1, 0.15) is 5.76 Å². The van der Waals surface area contributed by atoms with Crippen LogP contribution in [-0.4, -0.2) is 31.8 Å². The first-order chi connectivity index (χ1) is 12.2. The zero-order valence-corrected chi connectivity index (χ0v) is 18.7. The molecule has 0 radical (unpaired) electrons. The summed E-state index contributed by atoms with van der Waals surface area (Å²) in [6.07, 6.45) is 4.97. The summed E-state index contributed by atoms with van der Waals surface area (Å²) in [6, 6.07) is 8.07. The maximum atomic E-state index is 5.57. The highest BCUT2D eigenvalue weighted by molar-refractivity contribution is 14.0. The molecular weight excluding hydrogens is 461 g/mol. The van der Waals surface area contributed by atoms with Crippen LogP contribution < -0.4 is 10.6 Å². The number of thiophene rings is 1. The minimum absolute atomic E-state index is 0. The topological polar surface area (TPSA) is 58.8 Å². The average molecular weight is 491 g/mol. The molecule has 0 spiro atoms. The van der Waals surface area contributed by atoms with Gasteiger partial charge in [-0.3, -0.25) is 0 Å². The summed E-state index contributed by atoms with van der Waals surface area (Å²) in [5.41, 5.74) is 0. The lowest BCUT2D eigenvalue weighted by molar-refractivity contribution is 0.0762. The third-order valence-corrected chi connectivity index (χ3v) is 4.39. The Labute approximate surface area is 177 Å². The van der Waals surface area contributed by atoms with Crippen molar-refractivity contribution in [3.05, 3.63) is 46.5 Å². The highest BCUT2D eigenvalue weighted by Crippen LogP contribution is 2.09. The van der Waals surface area contributed by atoms with Crippen LogP contribution in [0.25, 0.3) is 0 Å². The minimum atomic E-state index is 0. The lowest BCUT2D eigenvalue weighted by Gasteiger charge is -2.12. The lowest BCUT2D eigenvalue weighted by Crippen LogP contribution is -2.39. The van der Waals surface area contributed by atoms with E-state index in [2.05, 4.69) is 47.0 Å². The molecule has 2 aromatic heterocycles. The van der Waals surface area contributed by atoms with Gasteiger partial charge in [-0.25, -0.2) is 4.99 Å². The molecule has 0 saturated carbocycles. The van der Waals surface area contributed by atoms with E-state index in [0.717, 1.165) is 50.7 Å². The number of furan rings is 1. The zero-order valence-electron chi connectivity index (χ0n) is 15.6. The van der Waals surface area contributed by atoms with E-state index in [4.69, 9.17) is 9.15 Å². The minimum Gasteiger partial charge on any atom is -0.469 e. The average Bonchev–Trinajstić information content (AvgIpc) is 3.28. The number of hydrogen-bond acceptors (Lipinski definition) is 4. The SMILES string of the molecule is CC(C)OCCCCNC(=NCc1cccs1)NCCc1ccco1.I. The number of nitrogens with zero attached hydrogens (tertiary/aromatic N) is 1. The van der Waals surface area contributed by atoms with Crippen LogP contribution in [0.4, 0.5) is 0 Å². The Balaban J connectivity index is 0.00000338. The number of guanidine groups is 1. The summed E-state index contributed by atoms with van der Waals surface area (Å²) in [5, 5.41) is 8.87. The van der Waals surface area contributed by atoms with Gasteiger partial charge in [0.15, 0.2) is 5.96 Å². The van der Waals surface area contributed by atoms with E-state index in [0.29, 0.717) is 12.6 Å². The van der Waals surface area contributed by atoms with Crippen LogP contribution in [0.15, 0.2) is 45.3 Å². The summed E-state index contributed by atoms with van der Waals surface area (Å²) < 4.78 is 10.9. The molecule has 0 aliphatic heterocycles. The number of nitrogens with one attached hydrogen (secondary N) is 2. The van der Waals surface area contributed by atoms with Crippen LogP contribution in [0, 0.1) is 0 Å². The first-order valence-corrected chi connectivity index (χ1v) is 9.80. The standard InChI is InChI=1S/C19H29N3O2S.HI/c1-16(2)23-12-4-3-10-20-19(22-15-18-8-6-14-25-18)21-11-9-17-7-5-13-24-17;/h5-8,13-14,16H,3-4,9-12,15H2,1-2H3,(H2,20,21,22);1H. The highest BCUT2D eigenvalue weighted by Gasteiger charge is 2.01. The molecule has 2 heterocycles. The van der Waals surface area contributed by atoms with Crippen molar-refractivity contribution in [3.8, 4) is 0 Å². The van der Waals surface area contributed by atoms with Crippen molar-refractivity contribution in [1.29, 1.82) is 0 Å². The molecule has 0 fully saturated rings. The number of ether oxygens (including phenoxy) is 1. The van der Waals surface area contributed by atoms with Crippen molar-refractivity contribution in [2.75, 3.05) is 19.7 Å². The number of unbranched alkanes of at least 4 members (excludes halogenated alkanes) is 1. The molecule has 0 aliphatic rings. The quantitative estimate of drug-likeness (QED) is 0.211. The monoisotopic (exact) mass is 491 g/mol. The molecule has 0 aliphatic carbocycles. The van der Waals surface area contributed by atoms with Crippen LogP contribution >= 0.6 is 35.3 Å². The van der Waals surface area contributed by atoms with Gasteiger partial charge >= 0.3 is 0 Å². The highest BCUT2D eigenvalue weighted by atomic mass is 127. The van der Waals surface area contributed by atoms with Crippen molar-refractivity contribution in [2.45, 2.75) is 45.8 Å². The maximum absolute atomic E-state index is 5.57. The van der Waals surface area contributed by atoms with Crippen molar-refractivity contribution in [3.63, 3.8) is 0 Å². The van der Waals surface area contributed by atoms with Crippen LogP contribution in [0.1, 0.15) is 37.3 Å². The molecule has 0 saturated heterocycles. The fourth-order valence-corrected chi connectivity index (χ4v) is 2.87. The third-order valence-electron chi connectivity index (χ3n) is 3.53. The van der Waals surface area contributed by atoms with E-state index in [9.17, 15) is 0 Å². The number of halogens is 1. The van der Waals surface area contributed by atoms with Gasteiger partial charge in [0.05, 0.1) is 18.9 Å². The number of hydrogen-bond donors (Lipinski definition) is 2. The molecule has 0 aromatic carbocycles. The first-order valence-electron chi connectivity index (χ1n) is 8.92. The van der Waals surface area contributed by atoms with Crippen LogP contribution in [0.3, 0.4) is 0 Å². The van der Waals surface area contributed by atoms with Crippen LogP contribution in [0.5, 0.6) is 0 Å². The predicted molar refractivity (Wildman–Crippen MR) is 120 cm³/mol. The Morgan fingerprint density at radius 3 is 2.73 bits per heavy atom. The van der Waals surface area contributed by atoms with Gasteiger partial charge in [-0.15, -0.1) is 35.3 Å². The van der Waals surface area contributed by atoms with E-state index in [1.54, 1.807) is 17.6 Å².